The molecular weight excluding hydrogens is 372 g/mol. The largest absolute Gasteiger partial charge is 0.379 e. The molecule has 0 unspecified atom stereocenters. The van der Waals surface area contributed by atoms with Gasteiger partial charge in [0, 0.05) is 63.6 Å². The molecule has 0 aliphatic heterocycles. The number of hydrogen-bond acceptors (Lipinski definition) is 7. The van der Waals surface area contributed by atoms with Gasteiger partial charge in [-0.15, -0.1) is 0 Å². The third kappa shape index (κ3) is 17.0. The molecule has 0 radical (unpaired) electrons. The first-order chi connectivity index (χ1) is 12.5. The summed E-state index contributed by atoms with van der Waals surface area (Å²) >= 11 is 5.90. The van der Waals surface area contributed by atoms with Crippen molar-refractivity contribution in [2.75, 3.05) is 64.0 Å². The van der Waals surface area contributed by atoms with Crippen LogP contribution in [-0.2, 0) is 14.3 Å². The van der Waals surface area contributed by atoms with E-state index in [1.54, 1.807) is 0 Å². The van der Waals surface area contributed by atoms with E-state index in [9.17, 15) is 9.59 Å². The zero-order valence-corrected chi connectivity index (χ0v) is 17.9. The number of thioether (sulfide) groups is 1. The minimum absolute atomic E-state index is 0.00193. The average molecular weight is 409 g/mol. The lowest BCUT2D eigenvalue weighted by molar-refractivity contribution is -0.121. The molecule has 0 atom stereocenters. The van der Waals surface area contributed by atoms with Crippen molar-refractivity contribution in [1.29, 1.82) is 0 Å². The minimum atomic E-state index is 0.00193. The highest BCUT2D eigenvalue weighted by Crippen LogP contribution is 2.06. The van der Waals surface area contributed by atoms with Crippen LogP contribution in [0.5, 0.6) is 0 Å². The molecule has 0 aromatic heterocycles. The fourth-order valence-corrected chi connectivity index (χ4v) is 2.89. The molecule has 0 aromatic rings. The van der Waals surface area contributed by atoms with Gasteiger partial charge in [-0.2, -0.15) is 24.4 Å². The van der Waals surface area contributed by atoms with Gasteiger partial charge in [0.15, 0.2) is 0 Å². The molecule has 154 valence electrons. The number of hydrogen-bond donors (Lipinski definition) is 4. The van der Waals surface area contributed by atoms with Crippen LogP contribution in [0.4, 0.5) is 0 Å². The summed E-state index contributed by atoms with van der Waals surface area (Å²) in [6.07, 6.45) is 0.818. The van der Waals surface area contributed by atoms with Crippen LogP contribution >= 0.6 is 24.4 Å². The molecular formula is C17H36N4O3S2. The maximum Gasteiger partial charge on any atom is 0.221 e. The fraction of sp³-hybridized carbons (Fsp3) is 0.882. The molecule has 9 heteroatoms. The molecule has 0 saturated carbocycles. The first kappa shape index (κ1) is 25.5. The van der Waals surface area contributed by atoms with Gasteiger partial charge in [0.1, 0.15) is 0 Å². The minimum Gasteiger partial charge on any atom is -0.379 e. The number of thiol groups is 1. The van der Waals surface area contributed by atoms with Crippen LogP contribution in [0, 0.1) is 0 Å². The molecule has 0 saturated heterocycles. The van der Waals surface area contributed by atoms with Crippen LogP contribution in [0.1, 0.15) is 26.7 Å². The predicted molar refractivity (Wildman–Crippen MR) is 113 cm³/mol. The number of nitrogens with two attached hydrogens (primary N) is 1. The molecule has 0 spiro atoms. The number of nitrogens with one attached hydrogen (secondary N) is 2. The van der Waals surface area contributed by atoms with Gasteiger partial charge in [-0.1, -0.05) is 13.8 Å². The van der Waals surface area contributed by atoms with Crippen molar-refractivity contribution in [2.24, 2.45) is 5.73 Å². The van der Waals surface area contributed by atoms with Crippen LogP contribution in [0.3, 0.4) is 0 Å². The first-order valence-electron chi connectivity index (χ1n) is 9.25. The second kappa shape index (κ2) is 17.9. The van der Waals surface area contributed by atoms with E-state index in [0.29, 0.717) is 76.3 Å². The summed E-state index contributed by atoms with van der Waals surface area (Å²) in [4.78, 5) is 25.8. The van der Waals surface area contributed by atoms with Gasteiger partial charge in [-0.25, -0.2) is 0 Å². The number of carbonyl (C=O) groups excluding carboxylic acids is 2. The van der Waals surface area contributed by atoms with Crippen LogP contribution in [0.25, 0.3) is 0 Å². The van der Waals surface area contributed by atoms with Crippen molar-refractivity contribution in [1.82, 2.24) is 15.5 Å². The summed E-state index contributed by atoms with van der Waals surface area (Å²) < 4.78 is 5.41. The maximum absolute atomic E-state index is 12.0. The van der Waals surface area contributed by atoms with Gasteiger partial charge in [-0.3, -0.25) is 9.59 Å². The van der Waals surface area contributed by atoms with Gasteiger partial charge in [0.2, 0.25) is 11.8 Å². The lowest BCUT2D eigenvalue weighted by Crippen LogP contribution is -2.36. The average Bonchev–Trinajstić information content (AvgIpc) is 2.61. The highest BCUT2D eigenvalue weighted by molar-refractivity contribution is 7.99. The Morgan fingerprint density at radius 1 is 1.08 bits per heavy atom. The lowest BCUT2D eigenvalue weighted by Gasteiger charge is -2.22. The molecule has 7 nitrogen and oxygen atoms in total. The Kier molecular flexibility index (Phi) is 17.6. The normalized spacial score (nSPS) is 11.2. The molecule has 26 heavy (non-hydrogen) atoms. The molecule has 0 heterocycles. The van der Waals surface area contributed by atoms with Crippen LogP contribution in [0.15, 0.2) is 0 Å². The van der Waals surface area contributed by atoms with E-state index in [1.807, 2.05) is 11.8 Å². The van der Waals surface area contributed by atoms with Crippen molar-refractivity contribution >= 4 is 36.2 Å². The summed E-state index contributed by atoms with van der Waals surface area (Å²) in [6.45, 7) is 8.97. The smallest absolute Gasteiger partial charge is 0.221 e. The van der Waals surface area contributed by atoms with Crippen LogP contribution in [-0.4, -0.2) is 86.0 Å². The standard InChI is InChI=1S/C17H36N4O3S2/c1-15(2)26-14-7-20-17(23)4-9-21(10-12-24-11-5-18)8-3-16(22)19-6-13-25/h15,25H,3-14,18H2,1-2H3,(H,19,22)(H,20,23). The predicted octanol–water partition coefficient (Wildman–Crippen LogP) is 0.348. The van der Waals surface area contributed by atoms with Crippen molar-refractivity contribution in [3.8, 4) is 0 Å². The van der Waals surface area contributed by atoms with E-state index in [1.165, 1.54) is 0 Å². The Hall–Kier alpha value is -0.480. The van der Waals surface area contributed by atoms with E-state index in [4.69, 9.17) is 10.5 Å². The third-order valence-electron chi connectivity index (χ3n) is 3.43. The number of carbonyl (C=O) groups is 2. The highest BCUT2D eigenvalue weighted by atomic mass is 32.2. The Balaban J connectivity index is 4.11. The number of ether oxygens (including phenoxy) is 1. The first-order valence-corrected chi connectivity index (χ1v) is 10.9. The molecule has 2 amide bonds. The van der Waals surface area contributed by atoms with Gasteiger partial charge >= 0.3 is 0 Å². The molecule has 0 aliphatic carbocycles. The van der Waals surface area contributed by atoms with Gasteiger partial charge in [0.05, 0.1) is 13.2 Å². The van der Waals surface area contributed by atoms with Crippen molar-refractivity contribution < 1.29 is 14.3 Å². The highest BCUT2D eigenvalue weighted by Gasteiger charge is 2.11. The van der Waals surface area contributed by atoms with E-state index >= 15 is 0 Å². The molecule has 0 aliphatic rings. The lowest BCUT2D eigenvalue weighted by atomic mass is 10.3. The van der Waals surface area contributed by atoms with Crippen LogP contribution in [0.2, 0.25) is 0 Å². The zero-order valence-electron chi connectivity index (χ0n) is 16.2. The van der Waals surface area contributed by atoms with Gasteiger partial charge < -0.3 is 26.0 Å². The fourth-order valence-electron chi connectivity index (χ4n) is 2.09. The van der Waals surface area contributed by atoms with Crippen molar-refractivity contribution in [2.45, 2.75) is 31.9 Å². The summed E-state index contributed by atoms with van der Waals surface area (Å²) in [5.41, 5.74) is 5.41. The van der Waals surface area contributed by atoms with E-state index in [0.717, 1.165) is 5.75 Å². The summed E-state index contributed by atoms with van der Waals surface area (Å²) in [6, 6.07) is 0. The Bertz CT molecular complexity index is 374. The van der Waals surface area contributed by atoms with E-state index in [2.05, 4.69) is 42.0 Å². The Morgan fingerprint density at radius 3 is 2.23 bits per heavy atom. The Labute approximate surface area is 167 Å². The summed E-state index contributed by atoms with van der Waals surface area (Å²) in [5, 5.41) is 6.32. The second-order valence-corrected chi connectivity index (χ2v) is 8.22. The summed E-state index contributed by atoms with van der Waals surface area (Å²) in [5.74, 6) is 1.59. The molecule has 0 bridgehead atoms. The SMILES string of the molecule is CC(C)SCCNC(=O)CCN(CCOCCN)CCC(=O)NCCS. The number of amides is 2. The van der Waals surface area contributed by atoms with E-state index < -0.39 is 0 Å². The molecule has 0 rings (SSSR count). The monoisotopic (exact) mass is 408 g/mol. The topological polar surface area (TPSA) is 96.7 Å². The Morgan fingerprint density at radius 2 is 1.69 bits per heavy atom. The molecule has 0 aromatic carbocycles. The second-order valence-electron chi connectivity index (χ2n) is 6.09. The number of nitrogens with zero attached hydrogens (tertiary/aromatic N) is 1. The van der Waals surface area contributed by atoms with Gasteiger partial charge in [0.25, 0.3) is 0 Å². The molecule has 0 fully saturated rings. The maximum atomic E-state index is 12.0. The summed E-state index contributed by atoms with van der Waals surface area (Å²) in [7, 11) is 0. The van der Waals surface area contributed by atoms with Crippen molar-refractivity contribution in [3.05, 3.63) is 0 Å². The zero-order chi connectivity index (χ0) is 19.6. The third-order valence-corrected chi connectivity index (χ3v) is 4.76. The quantitative estimate of drug-likeness (QED) is 0.205. The van der Waals surface area contributed by atoms with Gasteiger partial charge in [-0.05, 0) is 5.25 Å². The number of rotatable bonds is 17. The van der Waals surface area contributed by atoms with Crippen molar-refractivity contribution in [3.63, 3.8) is 0 Å². The van der Waals surface area contributed by atoms with Crippen LogP contribution < -0.4 is 16.4 Å². The van der Waals surface area contributed by atoms with E-state index in [-0.39, 0.29) is 11.8 Å². The molecule has 4 N–H and O–H groups in total.